The number of aryl methyl sites for hydroxylation is 2. The molecular formula is C23H27NO4. The van der Waals surface area contributed by atoms with Crippen molar-refractivity contribution < 1.29 is 19.4 Å². The largest absolute Gasteiger partial charge is 0.485 e. The number of aliphatic hydroxyl groups is 1. The summed E-state index contributed by atoms with van der Waals surface area (Å²) < 4.78 is 5.93. The number of rotatable bonds is 3. The van der Waals surface area contributed by atoms with Crippen LogP contribution in [-0.4, -0.2) is 28.5 Å². The Balaban J connectivity index is 2.01. The Morgan fingerprint density at radius 2 is 1.64 bits per heavy atom. The zero-order valence-electron chi connectivity index (χ0n) is 17.2. The first-order valence-corrected chi connectivity index (χ1v) is 9.42. The van der Waals surface area contributed by atoms with Gasteiger partial charge in [0, 0.05) is 16.7 Å². The molecule has 3 rings (SSSR count). The second kappa shape index (κ2) is 7.06. The number of amides is 1. The van der Waals surface area contributed by atoms with E-state index in [0.29, 0.717) is 22.4 Å². The molecule has 1 heterocycles. The second-order valence-electron chi connectivity index (χ2n) is 8.15. The van der Waals surface area contributed by atoms with Crippen molar-refractivity contribution in [3.8, 4) is 5.75 Å². The van der Waals surface area contributed by atoms with Gasteiger partial charge in [0.15, 0.2) is 5.78 Å². The van der Waals surface area contributed by atoms with Crippen molar-refractivity contribution in [3.63, 3.8) is 0 Å². The van der Waals surface area contributed by atoms with E-state index in [1.165, 1.54) is 6.92 Å². The summed E-state index contributed by atoms with van der Waals surface area (Å²) in [6, 6.07) is 8.11. The molecule has 0 aromatic heterocycles. The highest BCUT2D eigenvalue weighted by Crippen LogP contribution is 2.40. The Morgan fingerprint density at radius 1 is 1.04 bits per heavy atom. The summed E-state index contributed by atoms with van der Waals surface area (Å²) in [6.07, 6.45) is -0.973. The van der Waals surface area contributed by atoms with Gasteiger partial charge >= 0.3 is 0 Å². The van der Waals surface area contributed by atoms with E-state index < -0.39 is 17.7 Å². The summed E-state index contributed by atoms with van der Waals surface area (Å²) in [5.74, 6) is 0.200. The van der Waals surface area contributed by atoms with Crippen LogP contribution < -0.4 is 10.1 Å². The van der Waals surface area contributed by atoms with Gasteiger partial charge in [-0.1, -0.05) is 0 Å². The molecule has 1 amide bonds. The first kappa shape index (κ1) is 20.1. The fourth-order valence-electron chi connectivity index (χ4n) is 3.57. The van der Waals surface area contributed by atoms with Crippen molar-refractivity contribution in [3.05, 3.63) is 63.7 Å². The van der Waals surface area contributed by atoms with Gasteiger partial charge in [-0.05, 0) is 88.6 Å². The summed E-state index contributed by atoms with van der Waals surface area (Å²) in [6.45, 7) is 11.0. The lowest BCUT2D eigenvalue weighted by molar-refractivity contribution is -0.0627. The number of carbonyl (C=O) groups excluding carboxylic acids is 2. The monoisotopic (exact) mass is 381 g/mol. The second-order valence-corrected chi connectivity index (χ2v) is 8.15. The third-order valence-electron chi connectivity index (χ3n) is 5.63. The number of ether oxygens (including phenoxy) is 1. The molecule has 5 nitrogen and oxygen atoms in total. The highest BCUT2D eigenvalue weighted by atomic mass is 16.5. The molecule has 0 fully saturated rings. The first-order valence-electron chi connectivity index (χ1n) is 9.42. The normalized spacial score (nSPS) is 20.1. The lowest BCUT2D eigenvalue weighted by Gasteiger charge is -2.42. The fraction of sp³-hybridized carbons (Fsp3) is 0.391. The van der Waals surface area contributed by atoms with Crippen molar-refractivity contribution in [2.75, 3.05) is 0 Å². The molecule has 5 heteroatoms. The van der Waals surface area contributed by atoms with Crippen molar-refractivity contribution >= 4 is 11.7 Å². The van der Waals surface area contributed by atoms with Gasteiger partial charge in [0.1, 0.15) is 17.5 Å². The van der Waals surface area contributed by atoms with Gasteiger partial charge in [0.05, 0.1) is 6.04 Å². The van der Waals surface area contributed by atoms with E-state index in [1.807, 2.05) is 32.9 Å². The van der Waals surface area contributed by atoms with E-state index in [4.69, 9.17) is 4.74 Å². The highest BCUT2D eigenvalue weighted by Gasteiger charge is 2.43. The van der Waals surface area contributed by atoms with Gasteiger partial charge in [0.25, 0.3) is 5.91 Å². The highest BCUT2D eigenvalue weighted by molar-refractivity contribution is 5.96. The SMILES string of the molecule is CC(=O)c1ccc2c(c1)[C@H](NC(=O)c1cc(C)c(C)c(C)c1)[C@H](O)C(C)(C)O2. The summed E-state index contributed by atoms with van der Waals surface area (Å²) in [5, 5.41) is 13.9. The van der Waals surface area contributed by atoms with Crippen LogP contribution in [0.3, 0.4) is 0 Å². The van der Waals surface area contributed by atoms with Crippen LogP contribution in [0.25, 0.3) is 0 Å². The number of hydrogen-bond acceptors (Lipinski definition) is 4. The molecule has 28 heavy (non-hydrogen) atoms. The Morgan fingerprint density at radius 3 is 2.21 bits per heavy atom. The zero-order chi connectivity index (χ0) is 20.8. The average Bonchev–Trinajstić information content (AvgIpc) is 2.62. The Hall–Kier alpha value is -2.66. The molecule has 0 saturated carbocycles. The number of nitrogens with one attached hydrogen (secondary N) is 1. The van der Waals surface area contributed by atoms with Crippen molar-refractivity contribution in [1.29, 1.82) is 0 Å². The van der Waals surface area contributed by atoms with E-state index in [9.17, 15) is 14.7 Å². The zero-order valence-corrected chi connectivity index (χ0v) is 17.2. The molecule has 148 valence electrons. The quantitative estimate of drug-likeness (QED) is 0.793. The molecule has 0 aliphatic carbocycles. The van der Waals surface area contributed by atoms with E-state index >= 15 is 0 Å². The standard InChI is InChI=1S/C23H27NO4/c1-12-9-17(10-13(2)14(12)3)22(27)24-20-18-11-16(15(4)25)7-8-19(18)28-23(5,6)21(20)26/h7-11,20-21,26H,1-6H3,(H,24,27)/t20-,21-/m0/s1. The smallest absolute Gasteiger partial charge is 0.251 e. The van der Waals surface area contributed by atoms with E-state index in [-0.39, 0.29) is 11.7 Å². The van der Waals surface area contributed by atoms with Crippen LogP contribution >= 0.6 is 0 Å². The van der Waals surface area contributed by atoms with Gasteiger partial charge in [0.2, 0.25) is 0 Å². The lowest BCUT2D eigenvalue weighted by Crippen LogP contribution is -2.53. The van der Waals surface area contributed by atoms with Crippen molar-refractivity contribution in [2.45, 2.75) is 59.3 Å². The molecule has 2 aromatic carbocycles. The van der Waals surface area contributed by atoms with Crippen LogP contribution in [0.15, 0.2) is 30.3 Å². The van der Waals surface area contributed by atoms with Gasteiger partial charge in [-0.25, -0.2) is 0 Å². The molecular weight excluding hydrogens is 354 g/mol. The summed E-state index contributed by atoms with van der Waals surface area (Å²) in [4.78, 5) is 24.8. The van der Waals surface area contributed by atoms with E-state index in [1.54, 1.807) is 32.0 Å². The van der Waals surface area contributed by atoms with Crippen LogP contribution in [0.2, 0.25) is 0 Å². The van der Waals surface area contributed by atoms with Crippen LogP contribution in [-0.2, 0) is 0 Å². The molecule has 1 aliphatic heterocycles. The summed E-state index contributed by atoms with van der Waals surface area (Å²) in [7, 11) is 0. The third-order valence-corrected chi connectivity index (χ3v) is 5.63. The number of hydrogen-bond donors (Lipinski definition) is 2. The topological polar surface area (TPSA) is 75.6 Å². The number of carbonyl (C=O) groups is 2. The molecule has 2 aromatic rings. The summed E-state index contributed by atoms with van der Waals surface area (Å²) in [5.41, 5.74) is 4.00. The number of Topliss-reactive ketones (excluding diaryl/α,β-unsaturated/α-hetero) is 1. The van der Waals surface area contributed by atoms with E-state index in [0.717, 1.165) is 16.7 Å². The Bertz CT molecular complexity index is 938. The molecule has 1 aliphatic rings. The first-order chi connectivity index (χ1) is 13.0. The van der Waals surface area contributed by atoms with Gasteiger partial charge in [-0.3, -0.25) is 9.59 Å². The number of aliphatic hydroxyl groups excluding tert-OH is 1. The predicted octanol–water partition coefficient (Wildman–Crippen LogP) is 3.82. The van der Waals surface area contributed by atoms with Crippen LogP contribution in [0.5, 0.6) is 5.75 Å². The maximum Gasteiger partial charge on any atom is 0.251 e. The van der Waals surface area contributed by atoms with Crippen molar-refractivity contribution in [1.82, 2.24) is 5.32 Å². The number of benzene rings is 2. The van der Waals surface area contributed by atoms with E-state index in [2.05, 4.69) is 5.32 Å². The molecule has 0 saturated heterocycles. The van der Waals surface area contributed by atoms with Crippen LogP contribution in [0.4, 0.5) is 0 Å². The Kier molecular flexibility index (Phi) is 5.06. The van der Waals surface area contributed by atoms with Crippen LogP contribution in [0.1, 0.15) is 69.8 Å². The summed E-state index contributed by atoms with van der Waals surface area (Å²) >= 11 is 0. The molecule has 0 spiro atoms. The number of ketones is 1. The molecule has 2 atom stereocenters. The van der Waals surface area contributed by atoms with Gasteiger partial charge < -0.3 is 15.2 Å². The fourth-order valence-corrected chi connectivity index (χ4v) is 3.57. The van der Waals surface area contributed by atoms with Crippen LogP contribution in [0, 0.1) is 20.8 Å². The average molecular weight is 381 g/mol. The minimum Gasteiger partial charge on any atom is -0.485 e. The maximum absolute atomic E-state index is 13.0. The Labute approximate surface area is 165 Å². The lowest BCUT2D eigenvalue weighted by atomic mass is 9.85. The predicted molar refractivity (Wildman–Crippen MR) is 108 cm³/mol. The van der Waals surface area contributed by atoms with Gasteiger partial charge in [-0.15, -0.1) is 0 Å². The minimum absolute atomic E-state index is 0.0861. The molecule has 0 bridgehead atoms. The minimum atomic E-state index is -0.973. The maximum atomic E-state index is 13.0. The van der Waals surface area contributed by atoms with Gasteiger partial charge in [-0.2, -0.15) is 0 Å². The molecule has 0 unspecified atom stereocenters. The number of fused-ring (bicyclic) bond motifs is 1. The molecule has 2 N–H and O–H groups in total. The molecule has 0 radical (unpaired) electrons. The van der Waals surface area contributed by atoms with Crippen molar-refractivity contribution in [2.24, 2.45) is 0 Å². The third kappa shape index (κ3) is 3.54.